The highest BCUT2D eigenvalue weighted by molar-refractivity contribution is 5.95. The van der Waals surface area contributed by atoms with Crippen molar-refractivity contribution in [1.29, 1.82) is 0 Å². The van der Waals surface area contributed by atoms with Gasteiger partial charge in [0.1, 0.15) is 6.04 Å². The predicted molar refractivity (Wildman–Crippen MR) is 83.6 cm³/mol. The van der Waals surface area contributed by atoms with Crippen LogP contribution in [0.1, 0.15) is 24.4 Å². The first-order valence-corrected chi connectivity index (χ1v) is 6.86. The number of amides is 1. The van der Waals surface area contributed by atoms with E-state index in [2.05, 4.69) is 15.4 Å². The zero-order valence-corrected chi connectivity index (χ0v) is 13.1. The summed E-state index contributed by atoms with van der Waals surface area (Å²) >= 11 is 0. The van der Waals surface area contributed by atoms with E-state index in [0.717, 1.165) is 17.2 Å². The van der Waals surface area contributed by atoms with Gasteiger partial charge in [0.25, 0.3) is 0 Å². The van der Waals surface area contributed by atoms with Gasteiger partial charge in [0.05, 0.1) is 11.4 Å². The maximum absolute atomic E-state index is 12.4. The Bertz CT molecular complexity index is 647. The number of pyridine rings is 1. The van der Waals surface area contributed by atoms with Gasteiger partial charge in [-0.2, -0.15) is 5.10 Å². The quantitative estimate of drug-likeness (QED) is 0.936. The standard InChI is InChI=1S/C15H21N5O/c1-10-9-11(2)20(18-10)12(3)15(21)17-13-7-6-8-16-14(13)19(4)5/h6-9,12H,1-5H3,(H,17,21). The highest BCUT2D eigenvalue weighted by atomic mass is 16.2. The van der Waals surface area contributed by atoms with Crippen LogP contribution in [0, 0.1) is 13.8 Å². The number of carbonyl (C=O) groups excluding carboxylic acids is 1. The van der Waals surface area contributed by atoms with Crippen molar-refractivity contribution in [3.05, 3.63) is 35.8 Å². The van der Waals surface area contributed by atoms with Crippen LogP contribution in [0.2, 0.25) is 0 Å². The van der Waals surface area contributed by atoms with Gasteiger partial charge in [-0.3, -0.25) is 9.48 Å². The third kappa shape index (κ3) is 3.21. The van der Waals surface area contributed by atoms with Gasteiger partial charge in [0.15, 0.2) is 5.82 Å². The maximum Gasteiger partial charge on any atom is 0.249 e. The maximum atomic E-state index is 12.4. The van der Waals surface area contributed by atoms with E-state index in [1.807, 2.05) is 51.9 Å². The summed E-state index contributed by atoms with van der Waals surface area (Å²) in [6.45, 7) is 5.69. The second kappa shape index (κ2) is 5.95. The molecule has 6 nitrogen and oxygen atoms in total. The topological polar surface area (TPSA) is 63.1 Å². The summed E-state index contributed by atoms with van der Waals surface area (Å²) < 4.78 is 1.73. The zero-order valence-electron chi connectivity index (χ0n) is 13.1. The van der Waals surface area contributed by atoms with E-state index in [0.29, 0.717) is 5.69 Å². The molecule has 112 valence electrons. The van der Waals surface area contributed by atoms with E-state index in [4.69, 9.17) is 0 Å². The minimum absolute atomic E-state index is 0.114. The van der Waals surface area contributed by atoms with Crippen molar-refractivity contribution in [3.63, 3.8) is 0 Å². The van der Waals surface area contributed by atoms with Crippen LogP contribution in [0.5, 0.6) is 0 Å². The van der Waals surface area contributed by atoms with E-state index in [1.165, 1.54) is 0 Å². The fourth-order valence-electron chi connectivity index (χ4n) is 2.24. The Hall–Kier alpha value is -2.37. The average Bonchev–Trinajstić information content (AvgIpc) is 2.77. The lowest BCUT2D eigenvalue weighted by Gasteiger charge is -2.19. The second-order valence-electron chi connectivity index (χ2n) is 5.31. The molecule has 1 N–H and O–H groups in total. The molecule has 0 spiro atoms. The summed E-state index contributed by atoms with van der Waals surface area (Å²) in [6.07, 6.45) is 1.70. The Morgan fingerprint density at radius 1 is 1.38 bits per heavy atom. The third-order valence-electron chi connectivity index (χ3n) is 3.26. The average molecular weight is 287 g/mol. The fourth-order valence-corrected chi connectivity index (χ4v) is 2.24. The Balaban J connectivity index is 2.20. The summed E-state index contributed by atoms with van der Waals surface area (Å²) in [5.41, 5.74) is 2.57. The summed E-state index contributed by atoms with van der Waals surface area (Å²) in [5.74, 6) is 0.615. The molecule has 0 fully saturated rings. The van der Waals surface area contributed by atoms with Gasteiger partial charge in [-0.05, 0) is 39.0 Å². The van der Waals surface area contributed by atoms with Crippen molar-refractivity contribution in [2.24, 2.45) is 0 Å². The molecule has 0 aliphatic rings. The highest BCUT2D eigenvalue weighted by Gasteiger charge is 2.19. The lowest BCUT2D eigenvalue weighted by molar-refractivity contribution is -0.119. The molecular formula is C15H21N5O. The first-order valence-electron chi connectivity index (χ1n) is 6.86. The molecule has 1 atom stereocenters. The summed E-state index contributed by atoms with van der Waals surface area (Å²) in [6, 6.07) is 5.22. The van der Waals surface area contributed by atoms with Gasteiger partial charge in [-0.15, -0.1) is 0 Å². The number of aryl methyl sites for hydroxylation is 2. The highest BCUT2D eigenvalue weighted by Crippen LogP contribution is 2.22. The number of nitrogens with one attached hydrogen (secondary N) is 1. The fraction of sp³-hybridized carbons (Fsp3) is 0.400. The predicted octanol–water partition coefficient (Wildman–Crippen LogP) is 2.16. The summed E-state index contributed by atoms with van der Waals surface area (Å²) in [5, 5.41) is 7.28. The number of anilines is 2. The summed E-state index contributed by atoms with van der Waals surface area (Å²) in [7, 11) is 3.78. The van der Waals surface area contributed by atoms with Crippen LogP contribution >= 0.6 is 0 Å². The molecule has 1 amide bonds. The van der Waals surface area contributed by atoms with Gasteiger partial charge in [0, 0.05) is 26.0 Å². The summed E-state index contributed by atoms with van der Waals surface area (Å²) in [4.78, 5) is 18.6. The van der Waals surface area contributed by atoms with Gasteiger partial charge >= 0.3 is 0 Å². The van der Waals surface area contributed by atoms with Crippen molar-refractivity contribution >= 4 is 17.4 Å². The number of aromatic nitrogens is 3. The Morgan fingerprint density at radius 3 is 2.67 bits per heavy atom. The SMILES string of the molecule is Cc1cc(C)n(C(C)C(=O)Nc2cccnc2N(C)C)n1. The molecule has 21 heavy (non-hydrogen) atoms. The molecule has 6 heteroatoms. The molecule has 1 unspecified atom stereocenters. The number of hydrogen-bond acceptors (Lipinski definition) is 4. The Morgan fingerprint density at radius 2 is 2.10 bits per heavy atom. The van der Waals surface area contributed by atoms with Crippen LogP contribution in [-0.2, 0) is 4.79 Å². The Labute approximate surface area is 124 Å². The molecule has 0 aliphatic heterocycles. The lowest BCUT2D eigenvalue weighted by atomic mass is 10.2. The van der Waals surface area contributed by atoms with E-state index in [1.54, 1.807) is 16.9 Å². The second-order valence-corrected chi connectivity index (χ2v) is 5.31. The van der Waals surface area contributed by atoms with Crippen LogP contribution in [-0.4, -0.2) is 34.8 Å². The van der Waals surface area contributed by atoms with E-state index in [-0.39, 0.29) is 11.9 Å². The van der Waals surface area contributed by atoms with Crippen LogP contribution in [0.3, 0.4) is 0 Å². The lowest BCUT2D eigenvalue weighted by Crippen LogP contribution is -2.26. The number of nitrogens with zero attached hydrogens (tertiary/aromatic N) is 4. The molecule has 2 rings (SSSR count). The molecule has 0 bridgehead atoms. The number of rotatable bonds is 4. The molecule has 2 aromatic heterocycles. The van der Waals surface area contributed by atoms with Crippen molar-refractivity contribution < 1.29 is 4.79 Å². The number of hydrogen-bond donors (Lipinski definition) is 1. The van der Waals surface area contributed by atoms with Crippen molar-refractivity contribution in [1.82, 2.24) is 14.8 Å². The monoisotopic (exact) mass is 287 g/mol. The third-order valence-corrected chi connectivity index (χ3v) is 3.26. The largest absolute Gasteiger partial charge is 0.361 e. The first-order chi connectivity index (χ1) is 9.90. The van der Waals surface area contributed by atoms with Crippen LogP contribution in [0.4, 0.5) is 11.5 Å². The molecule has 0 aromatic carbocycles. The van der Waals surface area contributed by atoms with Gasteiger partial charge in [-0.25, -0.2) is 4.98 Å². The van der Waals surface area contributed by atoms with Gasteiger partial charge in [0.2, 0.25) is 5.91 Å². The molecule has 0 saturated carbocycles. The molecule has 2 aromatic rings. The van der Waals surface area contributed by atoms with E-state index >= 15 is 0 Å². The molecular weight excluding hydrogens is 266 g/mol. The van der Waals surface area contributed by atoms with Crippen molar-refractivity contribution in [2.45, 2.75) is 26.8 Å². The molecule has 0 radical (unpaired) electrons. The van der Waals surface area contributed by atoms with Gasteiger partial charge in [-0.1, -0.05) is 0 Å². The van der Waals surface area contributed by atoms with Crippen molar-refractivity contribution in [3.8, 4) is 0 Å². The zero-order chi connectivity index (χ0) is 15.6. The van der Waals surface area contributed by atoms with E-state index in [9.17, 15) is 4.79 Å². The van der Waals surface area contributed by atoms with E-state index < -0.39 is 0 Å². The molecule has 2 heterocycles. The molecule has 0 aliphatic carbocycles. The van der Waals surface area contributed by atoms with Crippen LogP contribution in [0.15, 0.2) is 24.4 Å². The van der Waals surface area contributed by atoms with Crippen LogP contribution < -0.4 is 10.2 Å². The van der Waals surface area contributed by atoms with Gasteiger partial charge < -0.3 is 10.2 Å². The minimum Gasteiger partial charge on any atom is -0.361 e. The first kappa shape index (κ1) is 15.0. The molecule has 0 saturated heterocycles. The number of carbonyl (C=O) groups is 1. The Kier molecular flexibility index (Phi) is 4.26. The normalized spacial score (nSPS) is 12.0. The smallest absolute Gasteiger partial charge is 0.249 e. The van der Waals surface area contributed by atoms with Crippen LogP contribution in [0.25, 0.3) is 0 Å². The minimum atomic E-state index is -0.381. The van der Waals surface area contributed by atoms with Crippen molar-refractivity contribution in [2.75, 3.05) is 24.3 Å².